The van der Waals surface area contributed by atoms with Gasteiger partial charge in [-0.25, -0.2) is 0 Å². The minimum Gasteiger partial charge on any atom is -0.483 e. The number of hydrogen-bond donors (Lipinski definition) is 1. The fourth-order valence-corrected chi connectivity index (χ4v) is 3.63. The van der Waals surface area contributed by atoms with Crippen LogP contribution in [0.2, 0.25) is 0 Å². The van der Waals surface area contributed by atoms with Crippen molar-refractivity contribution in [3.63, 3.8) is 0 Å². The number of carbonyl (C=O) groups excluding carboxylic acids is 1. The van der Waals surface area contributed by atoms with Crippen molar-refractivity contribution in [3.05, 3.63) is 29.3 Å². The van der Waals surface area contributed by atoms with E-state index in [-0.39, 0.29) is 17.1 Å². The Balaban J connectivity index is 1.81. The van der Waals surface area contributed by atoms with E-state index in [0.29, 0.717) is 25.0 Å². The van der Waals surface area contributed by atoms with E-state index in [1.807, 2.05) is 13.0 Å². The van der Waals surface area contributed by atoms with Crippen LogP contribution in [0, 0.1) is 19.8 Å². The summed E-state index contributed by atoms with van der Waals surface area (Å²) in [5.41, 5.74) is -1.30. The average molecular weight is 370 g/mol. The molecule has 1 aliphatic heterocycles. The average Bonchev–Trinajstić information content (AvgIpc) is 2.88. The Morgan fingerprint density at radius 3 is 2.77 bits per heavy atom. The van der Waals surface area contributed by atoms with Gasteiger partial charge in [-0.05, 0) is 44.7 Å². The Labute approximate surface area is 149 Å². The molecule has 0 radical (unpaired) electrons. The van der Waals surface area contributed by atoms with E-state index >= 15 is 0 Å². The van der Waals surface area contributed by atoms with Crippen LogP contribution in [0.1, 0.15) is 36.8 Å². The number of alkyl halides is 3. The highest BCUT2D eigenvalue weighted by Gasteiger charge is 2.68. The molecule has 2 aliphatic rings. The highest BCUT2D eigenvalue weighted by Crippen LogP contribution is 2.48. The van der Waals surface area contributed by atoms with Gasteiger partial charge in [0.25, 0.3) is 11.6 Å². The smallest absolute Gasteiger partial charge is 0.439 e. The summed E-state index contributed by atoms with van der Waals surface area (Å²) in [6.45, 7) is 3.04. The number of ether oxygens (including phenoxy) is 1. The van der Waals surface area contributed by atoms with Crippen LogP contribution < -0.4 is 4.74 Å². The van der Waals surface area contributed by atoms with Crippen LogP contribution in [0.4, 0.5) is 13.2 Å². The lowest BCUT2D eigenvalue weighted by atomic mass is 9.80. The lowest BCUT2D eigenvalue weighted by Crippen LogP contribution is -2.62. The van der Waals surface area contributed by atoms with Crippen molar-refractivity contribution in [3.8, 4) is 5.75 Å². The predicted octanol–water partition coefficient (Wildman–Crippen LogP) is 3.32. The molecule has 1 aromatic carbocycles. The predicted molar refractivity (Wildman–Crippen MR) is 88.7 cm³/mol. The molecule has 0 bridgehead atoms. The van der Waals surface area contributed by atoms with Gasteiger partial charge in [-0.2, -0.15) is 23.3 Å². The third-order valence-electron chi connectivity index (χ3n) is 4.95. The highest BCUT2D eigenvalue weighted by atomic mass is 19.4. The molecule has 0 saturated heterocycles. The number of halogens is 3. The zero-order chi connectivity index (χ0) is 19.1. The van der Waals surface area contributed by atoms with Crippen molar-refractivity contribution < 1.29 is 27.8 Å². The number of hydrazone groups is 1. The number of rotatable bonds is 3. The fraction of sp³-hybridized carbons (Fsp3) is 0.556. The van der Waals surface area contributed by atoms with Gasteiger partial charge in [0.15, 0.2) is 6.61 Å². The van der Waals surface area contributed by atoms with Crippen molar-refractivity contribution in [2.24, 2.45) is 11.0 Å². The first kappa shape index (κ1) is 18.7. The number of carbonyl (C=O) groups is 1. The zero-order valence-corrected chi connectivity index (χ0v) is 14.6. The summed E-state index contributed by atoms with van der Waals surface area (Å²) < 4.78 is 46.3. The first-order valence-corrected chi connectivity index (χ1v) is 8.54. The second-order valence-electron chi connectivity index (χ2n) is 6.88. The van der Waals surface area contributed by atoms with Crippen LogP contribution in [0.3, 0.4) is 0 Å². The lowest BCUT2D eigenvalue weighted by molar-refractivity contribution is -0.317. The second-order valence-corrected chi connectivity index (χ2v) is 6.88. The largest absolute Gasteiger partial charge is 0.483 e. The van der Waals surface area contributed by atoms with Crippen LogP contribution in [0.25, 0.3) is 0 Å². The van der Waals surface area contributed by atoms with Gasteiger partial charge in [0, 0.05) is 5.71 Å². The van der Waals surface area contributed by atoms with Gasteiger partial charge in [0.1, 0.15) is 5.75 Å². The molecule has 0 unspecified atom stereocenters. The molecular formula is C18H21F3N2O3. The van der Waals surface area contributed by atoms with Crippen molar-refractivity contribution in [1.82, 2.24) is 5.01 Å². The molecule has 5 nitrogen and oxygen atoms in total. The standard InChI is InChI=1S/C18H21F3N2O3/c1-11-7-8-15(12(2)9-11)26-10-16(24)23-17(25,18(19,20)21)13-5-3-4-6-14(13)22-23/h7-9,13,25H,3-6,10H2,1-2H3/t13-,17-/m1/s1. The summed E-state index contributed by atoms with van der Waals surface area (Å²) in [5.74, 6) is -1.82. The van der Waals surface area contributed by atoms with E-state index in [0.717, 1.165) is 11.1 Å². The van der Waals surface area contributed by atoms with E-state index in [4.69, 9.17) is 4.74 Å². The first-order valence-electron chi connectivity index (χ1n) is 8.54. The van der Waals surface area contributed by atoms with E-state index < -0.39 is 30.3 Å². The zero-order valence-electron chi connectivity index (χ0n) is 14.6. The van der Waals surface area contributed by atoms with Crippen molar-refractivity contribution in [2.45, 2.75) is 51.4 Å². The molecular weight excluding hydrogens is 349 g/mol. The molecule has 2 atom stereocenters. The monoisotopic (exact) mass is 370 g/mol. The number of amides is 1. The normalized spacial score (nSPS) is 25.7. The van der Waals surface area contributed by atoms with E-state index in [1.165, 1.54) is 0 Å². The van der Waals surface area contributed by atoms with Crippen LogP contribution in [-0.4, -0.2) is 40.2 Å². The first-order chi connectivity index (χ1) is 12.1. The summed E-state index contributed by atoms with van der Waals surface area (Å²) in [6.07, 6.45) is -3.25. The molecule has 142 valence electrons. The highest BCUT2D eigenvalue weighted by molar-refractivity contribution is 5.93. The Bertz CT molecular complexity index is 748. The Morgan fingerprint density at radius 2 is 2.12 bits per heavy atom. The minimum absolute atomic E-state index is 0.149. The molecule has 3 rings (SSSR count). The molecule has 1 aliphatic carbocycles. The topological polar surface area (TPSA) is 62.1 Å². The van der Waals surface area contributed by atoms with Crippen molar-refractivity contribution in [2.75, 3.05) is 6.61 Å². The third kappa shape index (κ3) is 3.06. The van der Waals surface area contributed by atoms with E-state index in [1.54, 1.807) is 19.1 Å². The maximum absolute atomic E-state index is 13.6. The number of fused-ring (bicyclic) bond motifs is 1. The second kappa shape index (κ2) is 6.57. The van der Waals surface area contributed by atoms with Gasteiger partial charge < -0.3 is 9.84 Å². The van der Waals surface area contributed by atoms with Gasteiger partial charge in [-0.3, -0.25) is 4.79 Å². The van der Waals surface area contributed by atoms with Crippen LogP contribution in [0.5, 0.6) is 5.75 Å². The summed E-state index contributed by atoms with van der Waals surface area (Å²) in [4.78, 5) is 12.4. The molecule has 0 spiro atoms. The maximum atomic E-state index is 13.6. The maximum Gasteiger partial charge on any atom is 0.439 e. The van der Waals surface area contributed by atoms with Crippen LogP contribution >= 0.6 is 0 Å². The third-order valence-corrected chi connectivity index (χ3v) is 4.95. The summed E-state index contributed by atoms with van der Waals surface area (Å²) in [7, 11) is 0. The Morgan fingerprint density at radius 1 is 1.38 bits per heavy atom. The van der Waals surface area contributed by atoms with Crippen molar-refractivity contribution >= 4 is 11.6 Å². The molecule has 26 heavy (non-hydrogen) atoms. The summed E-state index contributed by atoms with van der Waals surface area (Å²) in [5, 5.41) is 14.5. The molecule has 8 heteroatoms. The number of aryl methyl sites for hydroxylation is 2. The molecule has 1 amide bonds. The Hall–Kier alpha value is -2.09. The number of nitrogens with zero attached hydrogens (tertiary/aromatic N) is 2. The molecule has 1 heterocycles. The summed E-state index contributed by atoms with van der Waals surface area (Å²) >= 11 is 0. The molecule has 1 aromatic rings. The lowest BCUT2D eigenvalue weighted by Gasteiger charge is -2.38. The van der Waals surface area contributed by atoms with Crippen LogP contribution in [-0.2, 0) is 4.79 Å². The summed E-state index contributed by atoms with van der Waals surface area (Å²) in [6, 6.07) is 5.28. The number of aliphatic hydroxyl groups is 1. The molecule has 1 saturated carbocycles. The van der Waals surface area contributed by atoms with Crippen LogP contribution in [0.15, 0.2) is 23.3 Å². The van der Waals surface area contributed by atoms with Gasteiger partial charge in [-0.15, -0.1) is 0 Å². The van der Waals surface area contributed by atoms with Gasteiger partial charge in [0.2, 0.25) is 0 Å². The molecule has 0 aromatic heterocycles. The number of hydrogen-bond acceptors (Lipinski definition) is 4. The van der Waals surface area contributed by atoms with Gasteiger partial charge in [-0.1, -0.05) is 24.1 Å². The van der Waals surface area contributed by atoms with E-state index in [9.17, 15) is 23.1 Å². The van der Waals surface area contributed by atoms with E-state index in [2.05, 4.69) is 5.10 Å². The number of benzene rings is 1. The van der Waals surface area contributed by atoms with Crippen molar-refractivity contribution in [1.29, 1.82) is 0 Å². The molecule has 1 N–H and O–H groups in total. The van der Waals surface area contributed by atoms with Gasteiger partial charge in [0.05, 0.1) is 5.92 Å². The van der Waals surface area contributed by atoms with Gasteiger partial charge >= 0.3 is 6.18 Å². The SMILES string of the molecule is Cc1ccc(OCC(=O)N2N=C3CCCC[C@H]3[C@@]2(O)C(F)(F)F)c(C)c1. The Kier molecular flexibility index (Phi) is 4.72. The minimum atomic E-state index is -5.00. The quantitative estimate of drug-likeness (QED) is 0.888. The fourth-order valence-electron chi connectivity index (χ4n) is 3.63. The molecule has 1 fully saturated rings.